The van der Waals surface area contributed by atoms with E-state index in [1.165, 1.54) is 13.8 Å². The van der Waals surface area contributed by atoms with Crippen molar-refractivity contribution in [2.45, 2.75) is 18.6 Å². The van der Waals surface area contributed by atoms with Crippen LogP contribution in [0.4, 0.5) is 0 Å². The molecule has 0 saturated carbocycles. The highest BCUT2D eigenvalue weighted by Crippen LogP contribution is 2.33. The predicted octanol–water partition coefficient (Wildman–Crippen LogP) is -0.844. The molecule has 1 N–H and O–H groups in total. The SMILES string of the molecule is CNCCN1C(=O)C(C)(C)S1(=O)=O. The smallest absolute Gasteiger partial charge is 0.258 e. The fourth-order valence-electron chi connectivity index (χ4n) is 1.19. The first-order valence-electron chi connectivity index (χ1n) is 4.07. The van der Waals surface area contributed by atoms with Gasteiger partial charge in [0, 0.05) is 13.1 Å². The highest BCUT2D eigenvalue weighted by molar-refractivity contribution is 7.94. The van der Waals surface area contributed by atoms with Gasteiger partial charge in [-0.2, -0.15) is 0 Å². The minimum Gasteiger partial charge on any atom is -0.318 e. The van der Waals surface area contributed by atoms with Gasteiger partial charge in [0.2, 0.25) is 0 Å². The van der Waals surface area contributed by atoms with Gasteiger partial charge in [0.1, 0.15) is 0 Å². The van der Waals surface area contributed by atoms with Gasteiger partial charge in [0.15, 0.2) is 4.75 Å². The molecule has 0 aliphatic carbocycles. The van der Waals surface area contributed by atoms with Crippen molar-refractivity contribution in [3.05, 3.63) is 0 Å². The first kappa shape index (κ1) is 10.5. The third-order valence-electron chi connectivity index (χ3n) is 2.24. The van der Waals surface area contributed by atoms with Gasteiger partial charge in [-0.3, -0.25) is 4.79 Å². The molecule has 0 radical (unpaired) electrons. The van der Waals surface area contributed by atoms with E-state index >= 15 is 0 Å². The van der Waals surface area contributed by atoms with E-state index < -0.39 is 14.8 Å². The Labute approximate surface area is 78.2 Å². The number of carbonyl (C=O) groups is 1. The van der Waals surface area contributed by atoms with Crippen molar-refractivity contribution in [3.8, 4) is 0 Å². The predicted molar refractivity (Wildman–Crippen MR) is 48.6 cm³/mol. The highest BCUT2D eigenvalue weighted by Gasteiger charge is 2.59. The molecule has 0 aromatic carbocycles. The Morgan fingerprint density at radius 3 is 2.38 bits per heavy atom. The van der Waals surface area contributed by atoms with E-state index in [1.807, 2.05) is 0 Å². The Morgan fingerprint density at radius 2 is 2.00 bits per heavy atom. The Hall–Kier alpha value is -0.620. The minimum atomic E-state index is -3.38. The number of nitrogens with zero attached hydrogens (tertiary/aromatic N) is 1. The molecule has 1 amide bonds. The number of likely N-dealkylation sites (N-methyl/N-ethyl adjacent to an activating group) is 1. The molecule has 1 rings (SSSR count). The molecule has 0 spiro atoms. The topological polar surface area (TPSA) is 66.5 Å². The molecule has 76 valence electrons. The van der Waals surface area contributed by atoms with E-state index in [2.05, 4.69) is 5.32 Å². The van der Waals surface area contributed by atoms with Crippen LogP contribution in [0.5, 0.6) is 0 Å². The molecule has 0 unspecified atom stereocenters. The number of hydrogen-bond acceptors (Lipinski definition) is 4. The molecule has 1 aliphatic rings. The summed E-state index contributed by atoms with van der Waals surface area (Å²) in [6.07, 6.45) is 0. The fourth-order valence-corrected chi connectivity index (χ4v) is 2.72. The summed E-state index contributed by atoms with van der Waals surface area (Å²) in [6, 6.07) is 0. The quantitative estimate of drug-likeness (QED) is 0.653. The maximum atomic E-state index is 11.5. The van der Waals surface area contributed by atoms with Crippen molar-refractivity contribution >= 4 is 15.9 Å². The molecule has 0 atom stereocenters. The van der Waals surface area contributed by atoms with Crippen LogP contribution in [0.1, 0.15) is 13.8 Å². The van der Waals surface area contributed by atoms with E-state index in [1.54, 1.807) is 7.05 Å². The third-order valence-corrected chi connectivity index (χ3v) is 4.63. The highest BCUT2D eigenvalue weighted by atomic mass is 32.2. The van der Waals surface area contributed by atoms with Crippen molar-refractivity contribution in [3.63, 3.8) is 0 Å². The summed E-state index contributed by atoms with van der Waals surface area (Å²) in [5.74, 6) is -0.317. The van der Waals surface area contributed by atoms with Crippen LogP contribution in [0.15, 0.2) is 0 Å². The number of hydrogen-bond donors (Lipinski definition) is 1. The zero-order chi connectivity index (χ0) is 10.3. The molecule has 1 fully saturated rings. The second kappa shape index (κ2) is 2.95. The van der Waals surface area contributed by atoms with E-state index in [-0.39, 0.29) is 12.5 Å². The zero-order valence-corrected chi connectivity index (χ0v) is 8.81. The second-order valence-electron chi connectivity index (χ2n) is 3.50. The summed E-state index contributed by atoms with van der Waals surface area (Å²) in [5, 5.41) is 2.79. The van der Waals surface area contributed by atoms with Crippen LogP contribution < -0.4 is 5.32 Å². The normalized spacial score (nSPS) is 24.2. The van der Waals surface area contributed by atoms with Gasteiger partial charge in [0.05, 0.1) is 0 Å². The molecule has 13 heavy (non-hydrogen) atoms. The summed E-state index contributed by atoms with van der Waals surface area (Å²) in [5.41, 5.74) is 0. The van der Waals surface area contributed by atoms with Gasteiger partial charge in [-0.15, -0.1) is 0 Å². The van der Waals surface area contributed by atoms with Crippen LogP contribution in [-0.4, -0.2) is 43.5 Å². The zero-order valence-electron chi connectivity index (χ0n) is 7.99. The van der Waals surface area contributed by atoms with Crippen LogP contribution in [0.3, 0.4) is 0 Å². The van der Waals surface area contributed by atoms with E-state index in [0.717, 1.165) is 4.31 Å². The molecular weight excluding hydrogens is 192 g/mol. The number of amides is 1. The number of sulfonamides is 1. The lowest BCUT2D eigenvalue weighted by Gasteiger charge is -2.42. The van der Waals surface area contributed by atoms with E-state index in [9.17, 15) is 13.2 Å². The number of rotatable bonds is 3. The van der Waals surface area contributed by atoms with Crippen LogP contribution >= 0.6 is 0 Å². The van der Waals surface area contributed by atoms with Gasteiger partial charge in [0.25, 0.3) is 15.9 Å². The summed E-state index contributed by atoms with van der Waals surface area (Å²) in [6.45, 7) is 3.57. The van der Waals surface area contributed by atoms with Crippen LogP contribution in [0.25, 0.3) is 0 Å². The lowest BCUT2D eigenvalue weighted by Crippen LogP contribution is -2.67. The van der Waals surface area contributed by atoms with Crippen LogP contribution in [0.2, 0.25) is 0 Å². The Balaban J connectivity index is 2.78. The Bertz CT molecular complexity index is 321. The minimum absolute atomic E-state index is 0.223. The fraction of sp³-hybridized carbons (Fsp3) is 0.857. The van der Waals surface area contributed by atoms with Crippen molar-refractivity contribution in [2.75, 3.05) is 20.1 Å². The average molecular weight is 206 g/mol. The van der Waals surface area contributed by atoms with Gasteiger partial charge >= 0.3 is 0 Å². The lowest BCUT2D eigenvalue weighted by atomic mass is 10.2. The van der Waals surface area contributed by atoms with Crippen molar-refractivity contribution in [1.82, 2.24) is 9.62 Å². The van der Waals surface area contributed by atoms with Crippen LogP contribution in [0, 0.1) is 0 Å². The maximum Gasteiger partial charge on any atom is 0.258 e. The van der Waals surface area contributed by atoms with Crippen molar-refractivity contribution < 1.29 is 13.2 Å². The number of carbonyl (C=O) groups excluding carboxylic acids is 1. The Kier molecular flexibility index (Phi) is 2.38. The van der Waals surface area contributed by atoms with E-state index in [4.69, 9.17) is 0 Å². The molecule has 1 saturated heterocycles. The molecular formula is C7H14N2O3S. The summed E-state index contributed by atoms with van der Waals surface area (Å²) >= 11 is 0. The molecule has 1 heterocycles. The standard InChI is InChI=1S/C7H14N2O3S/c1-7(2)6(10)9(5-4-8-3)13(7,11)12/h8H,4-5H2,1-3H3. The summed E-state index contributed by atoms with van der Waals surface area (Å²) in [7, 11) is -1.67. The molecule has 0 bridgehead atoms. The van der Waals surface area contributed by atoms with Gasteiger partial charge in [-0.25, -0.2) is 12.7 Å². The maximum absolute atomic E-state index is 11.5. The molecule has 6 heteroatoms. The summed E-state index contributed by atoms with van der Waals surface area (Å²) in [4.78, 5) is 11.3. The monoisotopic (exact) mass is 206 g/mol. The third kappa shape index (κ3) is 1.24. The van der Waals surface area contributed by atoms with Crippen LogP contribution in [-0.2, 0) is 14.8 Å². The largest absolute Gasteiger partial charge is 0.318 e. The molecule has 0 aromatic rings. The van der Waals surface area contributed by atoms with Gasteiger partial charge in [-0.1, -0.05) is 0 Å². The number of nitrogens with one attached hydrogen (secondary N) is 1. The van der Waals surface area contributed by atoms with E-state index in [0.29, 0.717) is 6.54 Å². The Morgan fingerprint density at radius 1 is 1.46 bits per heavy atom. The first-order chi connectivity index (χ1) is 5.85. The van der Waals surface area contributed by atoms with Gasteiger partial charge in [-0.05, 0) is 20.9 Å². The van der Waals surface area contributed by atoms with Crippen molar-refractivity contribution in [1.29, 1.82) is 0 Å². The van der Waals surface area contributed by atoms with Crippen molar-refractivity contribution in [2.24, 2.45) is 0 Å². The molecule has 5 nitrogen and oxygen atoms in total. The first-order valence-corrected chi connectivity index (χ1v) is 5.51. The average Bonchev–Trinajstić information content (AvgIpc) is 2.04. The summed E-state index contributed by atoms with van der Waals surface area (Å²) < 4.78 is 22.6. The van der Waals surface area contributed by atoms with Gasteiger partial charge < -0.3 is 5.32 Å². The molecule has 1 aliphatic heterocycles. The molecule has 0 aromatic heterocycles. The second-order valence-corrected chi connectivity index (χ2v) is 5.91. The lowest BCUT2D eigenvalue weighted by molar-refractivity contribution is -0.132.